The first kappa shape index (κ1) is 16.0. The van der Waals surface area contributed by atoms with E-state index in [9.17, 15) is 8.42 Å². The van der Waals surface area contributed by atoms with Gasteiger partial charge in [0.2, 0.25) is 10.0 Å². The second kappa shape index (κ2) is 6.60. The second-order valence-corrected chi connectivity index (χ2v) is 7.20. The van der Waals surface area contributed by atoms with Gasteiger partial charge in [0.25, 0.3) is 0 Å². The lowest BCUT2D eigenvalue weighted by atomic mass is 10.1. The summed E-state index contributed by atoms with van der Waals surface area (Å²) in [4.78, 5) is 0.242. The number of sulfonamides is 1. The third-order valence-corrected chi connectivity index (χ3v) is 5.16. The summed E-state index contributed by atoms with van der Waals surface area (Å²) in [6, 6.07) is 13.5. The van der Waals surface area contributed by atoms with Gasteiger partial charge in [-0.15, -0.1) is 0 Å². The van der Waals surface area contributed by atoms with Gasteiger partial charge < -0.3 is 4.74 Å². The van der Waals surface area contributed by atoms with Crippen molar-refractivity contribution in [2.24, 2.45) is 0 Å². The van der Waals surface area contributed by atoms with Crippen molar-refractivity contribution in [1.29, 1.82) is 0 Å². The van der Waals surface area contributed by atoms with E-state index in [1.807, 2.05) is 12.1 Å². The maximum Gasteiger partial charge on any atom is 0.241 e. The number of nitrogens with one attached hydrogen (secondary N) is 1. The largest absolute Gasteiger partial charge is 0.497 e. The maximum absolute atomic E-state index is 12.3. The molecular formula is C15H16BrNO3S. The van der Waals surface area contributed by atoms with Crippen molar-refractivity contribution < 1.29 is 13.2 Å². The Balaban J connectivity index is 2.17. The normalized spacial score (nSPS) is 12.9. The molecule has 0 aliphatic carbocycles. The standard InChI is InChI=1S/C15H16BrNO3S/c1-11(12-3-7-14(20-2)8-4-12)17-21(18,19)15-9-5-13(16)6-10-15/h3-11,17H,1-2H3/t11-/m0/s1. The highest BCUT2D eigenvalue weighted by molar-refractivity contribution is 9.10. The Bertz CT molecular complexity index is 697. The molecule has 0 bridgehead atoms. The van der Waals surface area contributed by atoms with Crippen molar-refractivity contribution in [2.75, 3.05) is 7.11 Å². The summed E-state index contributed by atoms with van der Waals surface area (Å²) in [6.45, 7) is 1.80. The monoisotopic (exact) mass is 369 g/mol. The van der Waals surface area contributed by atoms with Crippen molar-refractivity contribution in [3.8, 4) is 5.75 Å². The Kier molecular flexibility index (Phi) is 5.03. The predicted molar refractivity (Wildman–Crippen MR) is 85.9 cm³/mol. The summed E-state index contributed by atoms with van der Waals surface area (Å²) in [7, 11) is -1.95. The van der Waals surface area contributed by atoms with E-state index in [2.05, 4.69) is 20.7 Å². The van der Waals surface area contributed by atoms with Crippen molar-refractivity contribution in [3.05, 3.63) is 58.6 Å². The zero-order valence-electron chi connectivity index (χ0n) is 11.7. The average molecular weight is 370 g/mol. The molecule has 2 rings (SSSR count). The number of ether oxygens (including phenoxy) is 1. The van der Waals surface area contributed by atoms with E-state index >= 15 is 0 Å². The van der Waals surface area contributed by atoms with Crippen LogP contribution in [0.1, 0.15) is 18.5 Å². The minimum absolute atomic E-state index is 0.242. The molecule has 0 unspecified atom stereocenters. The van der Waals surface area contributed by atoms with E-state index in [1.54, 1.807) is 50.4 Å². The molecule has 0 aliphatic heterocycles. The fourth-order valence-electron chi connectivity index (χ4n) is 1.88. The molecule has 0 aromatic heterocycles. The van der Waals surface area contributed by atoms with Gasteiger partial charge in [-0.25, -0.2) is 13.1 Å². The first-order valence-electron chi connectivity index (χ1n) is 6.34. The van der Waals surface area contributed by atoms with Gasteiger partial charge in [-0.1, -0.05) is 28.1 Å². The van der Waals surface area contributed by atoms with Crippen LogP contribution in [0.25, 0.3) is 0 Å². The molecule has 6 heteroatoms. The van der Waals surface area contributed by atoms with Crippen LogP contribution in [0.4, 0.5) is 0 Å². The Morgan fingerprint density at radius 3 is 2.14 bits per heavy atom. The number of hydrogen-bond donors (Lipinski definition) is 1. The number of rotatable bonds is 5. The number of hydrogen-bond acceptors (Lipinski definition) is 3. The van der Waals surface area contributed by atoms with Crippen molar-refractivity contribution >= 4 is 26.0 Å². The number of halogens is 1. The molecule has 0 saturated carbocycles. The van der Waals surface area contributed by atoms with Crippen LogP contribution >= 0.6 is 15.9 Å². The quantitative estimate of drug-likeness (QED) is 0.877. The Hall–Kier alpha value is -1.37. The topological polar surface area (TPSA) is 55.4 Å². The molecule has 112 valence electrons. The van der Waals surface area contributed by atoms with Crippen LogP contribution in [0, 0.1) is 0 Å². The van der Waals surface area contributed by atoms with Crippen LogP contribution in [0.15, 0.2) is 57.9 Å². The molecule has 0 aliphatic rings. The number of benzene rings is 2. The summed E-state index contributed by atoms with van der Waals surface area (Å²) in [6.07, 6.45) is 0. The zero-order chi connectivity index (χ0) is 15.5. The van der Waals surface area contributed by atoms with Crippen LogP contribution in [-0.2, 0) is 10.0 Å². The first-order valence-corrected chi connectivity index (χ1v) is 8.62. The highest BCUT2D eigenvalue weighted by Crippen LogP contribution is 2.20. The summed E-state index contributed by atoms with van der Waals surface area (Å²) in [5, 5.41) is 0. The van der Waals surface area contributed by atoms with Gasteiger partial charge in [0.1, 0.15) is 5.75 Å². The summed E-state index contributed by atoms with van der Waals surface area (Å²) < 4.78 is 33.2. The molecule has 0 fully saturated rings. The van der Waals surface area contributed by atoms with Gasteiger partial charge in [0.15, 0.2) is 0 Å². The van der Waals surface area contributed by atoms with E-state index in [-0.39, 0.29) is 10.9 Å². The molecular weight excluding hydrogens is 354 g/mol. The third-order valence-electron chi connectivity index (χ3n) is 3.07. The molecule has 0 radical (unpaired) electrons. The van der Waals surface area contributed by atoms with Crippen LogP contribution < -0.4 is 9.46 Å². The van der Waals surface area contributed by atoms with E-state index in [4.69, 9.17) is 4.74 Å². The molecule has 1 N–H and O–H groups in total. The highest BCUT2D eigenvalue weighted by Gasteiger charge is 2.18. The van der Waals surface area contributed by atoms with Gasteiger partial charge in [0.05, 0.1) is 12.0 Å². The Labute approximate surface area is 133 Å². The van der Waals surface area contributed by atoms with Crippen LogP contribution in [0.5, 0.6) is 5.75 Å². The van der Waals surface area contributed by atoms with Gasteiger partial charge in [-0.3, -0.25) is 0 Å². The lowest BCUT2D eigenvalue weighted by Crippen LogP contribution is -2.26. The van der Waals surface area contributed by atoms with Crippen LogP contribution in [0.2, 0.25) is 0 Å². The lowest BCUT2D eigenvalue weighted by Gasteiger charge is -2.15. The summed E-state index contributed by atoms with van der Waals surface area (Å²) in [5.74, 6) is 0.738. The smallest absolute Gasteiger partial charge is 0.241 e. The molecule has 0 heterocycles. The maximum atomic E-state index is 12.3. The summed E-state index contributed by atoms with van der Waals surface area (Å²) in [5.41, 5.74) is 0.872. The molecule has 0 amide bonds. The average Bonchev–Trinajstić information content (AvgIpc) is 2.47. The minimum Gasteiger partial charge on any atom is -0.497 e. The second-order valence-electron chi connectivity index (χ2n) is 4.57. The van der Waals surface area contributed by atoms with Crippen molar-refractivity contribution in [3.63, 3.8) is 0 Å². The molecule has 0 saturated heterocycles. The molecule has 21 heavy (non-hydrogen) atoms. The lowest BCUT2D eigenvalue weighted by molar-refractivity contribution is 0.414. The molecule has 2 aromatic rings. The number of methoxy groups -OCH3 is 1. The van der Waals surface area contributed by atoms with Gasteiger partial charge in [-0.2, -0.15) is 0 Å². The third kappa shape index (κ3) is 4.06. The van der Waals surface area contributed by atoms with Crippen molar-refractivity contribution in [2.45, 2.75) is 17.9 Å². The zero-order valence-corrected chi connectivity index (χ0v) is 14.1. The SMILES string of the molecule is COc1ccc([C@H](C)NS(=O)(=O)c2ccc(Br)cc2)cc1. The van der Waals surface area contributed by atoms with Crippen molar-refractivity contribution in [1.82, 2.24) is 4.72 Å². The van der Waals surface area contributed by atoms with Gasteiger partial charge >= 0.3 is 0 Å². The Morgan fingerprint density at radius 1 is 1.05 bits per heavy atom. The van der Waals surface area contributed by atoms with E-state index in [0.29, 0.717) is 0 Å². The molecule has 0 spiro atoms. The van der Waals surface area contributed by atoms with E-state index < -0.39 is 10.0 Å². The minimum atomic E-state index is -3.54. The van der Waals surface area contributed by atoms with E-state index in [0.717, 1.165) is 15.8 Å². The fourth-order valence-corrected chi connectivity index (χ4v) is 3.37. The summed E-state index contributed by atoms with van der Waals surface area (Å²) >= 11 is 3.29. The van der Waals surface area contributed by atoms with E-state index in [1.165, 1.54) is 0 Å². The molecule has 1 atom stereocenters. The fraction of sp³-hybridized carbons (Fsp3) is 0.200. The Morgan fingerprint density at radius 2 is 1.62 bits per heavy atom. The van der Waals surface area contributed by atoms with Crippen LogP contribution in [0.3, 0.4) is 0 Å². The van der Waals surface area contributed by atoms with Crippen LogP contribution in [-0.4, -0.2) is 15.5 Å². The molecule has 2 aromatic carbocycles. The first-order chi connectivity index (χ1) is 9.92. The van der Waals surface area contributed by atoms with Gasteiger partial charge in [0, 0.05) is 10.5 Å². The molecule has 4 nitrogen and oxygen atoms in total. The highest BCUT2D eigenvalue weighted by atomic mass is 79.9. The van der Waals surface area contributed by atoms with Gasteiger partial charge in [-0.05, 0) is 48.9 Å². The predicted octanol–water partition coefficient (Wildman–Crippen LogP) is 3.50.